The molecule has 0 saturated heterocycles. The van der Waals surface area contributed by atoms with Crippen LogP contribution in [0.1, 0.15) is 24.8 Å². The van der Waals surface area contributed by atoms with E-state index in [-0.39, 0.29) is 29.5 Å². The average molecular weight is 363 g/mol. The van der Waals surface area contributed by atoms with Gasteiger partial charge in [0.1, 0.15) is 5.78 Å². The van der Waals surface area contributed by atoms with Crippen LogP contribution in [0.15, 0.2) is 27.2 Å². The molecule has 0 N–H and O–H groups in total. The Bertz CT molecular complexity index is 668. The molecule has 0 bridgehead atoms. The number of ketones is 1. The normalized spacial score (nSPS) is 11.7. The number of carbonyl (C=O) groups is 1. The molecular formula is C13H10BrF3N2O2. The van der Waals surface area contributed by atoms with E-state index in [9.17, 15) is 18.0 Å². The van der Waals surface area contributed by atoms with Gasteiger partial charge in [-0.15, -0.1) is 0 Å². The number of nitrogens with zero attached hydrogens (tertiary/aromatic N) is 2. The first-order chi connectivity index (χ1) is 9.81. The summed E-state index contributed by atoms with van der Waals surface area (Å²) in [5.74, 6) is -0.307. The molecule has 0 aliphatic heterocycles. The lowest BCUT2D eigenvalue weighted by molar-refractivity contribution is -0.137. The number of halogens is 4. The molecule has 0 aliphatic rings. The fraction of sp³-hybridized carbons (Fsp3) is 0.308. The lowest BCUT2D eigenvalue weighted by Gasteiger charge is -2.10. The van der Waals surface area contributed by atoms with Crippen LogP contribution in [0.25, 0.3) is 11.4 Å². The molecule has 2 aromatic rings. The molecule has 0 amide bonds. The summed E-state index contributed by atoms with van der Waals surface area (Å²) in [6, 6.07) is 3.66. The maximum absolute atomic E-state index is 13.0. The molecule has 2 rings (SSSR count). The second-order valence-electron chi connectivity index (χ2n) is 4.27. The molecule has 112 valence electrons. The highest BCUT2D eigenvalue weighted by Crippen LogP contribution is 2.37. The Hall–Kier alpha value is -1.70. The molecule has 0 radical (unpaired) electrons. The van der Waals surface area contributed by atoms with Crippen LogP contribution in [0, 0.1) is 0 Å². The zero-order valence-corrected chi connectivity index (χ0v) is 12.5. The summed E-state index contributed by atoms with van der Waals surface area (Å²) < 4.78 is 44.2. The summed E-state index contributed by atoms with van der Waals surface area (Å²) in [6.45, 7) is 1.68. The van der Waals surface area contributed by atoms with Gasteiger partial charge in [-0.1, -0.05) is 28.0 Å². The van der Waals surface area contributed by atoms with Crippen LogP contribution in [0.5, 0.6) is 0 Å². The molecule has 21 heavy (non-hydrogen) atoms. The zero-order chi connectivity index (χ0) is 15.6. The monoisotopic (exact) mass is 362 g/mol. The van der Waals surface area contributed by atoms with Gasteiger partial charge in [0.2, 0.25) is 11.7 Å². The highest BCUT2D eigenvalue weighted by molar-refractivity contribution is 9.10. The summed E-state index contributed by atoms with van der Waals surface area (Å²) in [5.41, 5.74) is -1.06. The van der Waals surface area contributed by atoms with Crippen LogP contribution >= 0.6 is 15.9 Å². The van der Waals surface area contributed by atoms with Crippen LogP contribution in [0.2, 0.25) is 0 Å². The van der Waals surface area contributed by atoms with E-state index < -0.39 is 11.7 Å². The van der Waals surface area contributed by atoms with Crippen molar-refractivity contribution in [3.05, 3.63) is 34.1 Å². The molecule has 0 aliphatic carbocycles. The summed E-state index contributed by atoms with van der Waals surface area (Å²) in [5, 5.41) is 3.52. The third-order valence-corrected chi connectivity index (χ3v) is 3.23. The summed E-state index contributed by atoms with van der Waals surface area (Å²) in [7, 11) is 0. The Balaban J connectivity index is 2.41. The molecule has 0 unspecified atom stereocenters. The number of Topliss-reactive ketones (excluding diaryl/α,β-unsaturated/α-hetero) is 1. The molecule has 1 heterocycles. The minimum absolute atomic E-state index is 0.00731. The van der Waals surface area contributed by atoms with Crippen molar-refractivity contribution in [3.63, 3.8) is 0 Å². The highest BCUT2D eigenvalue weighted by Gasteiger charge is 2.35. The first kappa shape index (κ1) is 15.7. The lowest BCUT2D eigenvalue weighted by atomic mass is 10.1. The number of hydrogen-bond donors (Lipinski definition) is 0. The van der Waals surface area contributed by atoms with Gasteiger partial charge < -0.3 is 4.52 Å². The quantitative estimate of drug-likeness (QED) is 0.823. The van der Waals surface area contributed by atoms with Gasteiger partial charge in [0.15, 0.2) is 0 Å². The van der Waals surface area contributed by atoms with Crippen LogP contribution in [0.4, 0.5) is 13.2 Å². The Kier molecular flexibility index (Phi) is 4.46. The third-order valence-electron chi connectivity index (χ3n) is 2.74. The van der Waals surface area contributed by atoms with E-state index in [2.05, 4.69) is 26.1 Å². The molecule has 0 fully saturated rings. The standard InChI is InChI=1S/C13H10BrF3N2O2/c1-2-8(20)6-11-18-12(19-21-11)9-4-3-7(14)5-10(9)13(15,16)17/h3-5H,2,6H2,1H3. The van der Waals surface area contributed by atoms with Gasteiger partial charge in [-0.05, 0) is 18.2 Å². The fourth-order valence-corrected chi connectivity index (χ4v) is 2.04. The minimum Gasteiger partial charge on any atom is -0.339 e. The Labute approximate surface area is 126 Å². The number of hydrogen-bond acceptors (Lipinski definition) is 4. The van der Waals surface area contributed by atoms with E-state index in [1.54, 1.807) is 6.92 Å². The average Bonchev–Trinajstić information content (AvgIpc) is 2.85. The SMILES string of the molecule is CCC(=O)Cc1nc(-c2ccc(Br)cc2C(F)(F)F)no1. The number of benzene rings is 1. The van der Waals surface area contributed by atoms with E-state index in [0.717, 1.165) is 6.07 Å². The van der Waals surface area contributed by atoms with Crippen molar-refractivity contribution in [2.24, 2.45) is 0 Å². The third kappa shape index (κ3) is 3.69. The maximum Gasteiger partial charge on any atom is 0.417 e. The van der Waals surface area contributed by atoms with E-state index in [1.807, 2.05) is 0 Å². The van der Waals surface area contributed by atoms with Crippen molar-refractivity contribution in [1.29, 1.82) is 0 Å². The van der Waals surface area contributed by atoms with Crippen molar-refractivity contribution >= 4 is 21.7 Å². The molecule has 1 aromatic carbocycles. The number of aromatic nitrogens is 2. The van der Waals surface area contributed by atoms with Gasteiger partial charge in [-0.25, -0.2) is 0 Å². The van der Waals surface area contributed by atoms with Crippen molar-refractivity contribution in [2.75, 3.05) is 0 Å². The highest BCUT2D eigenvalue weighted by atomic mass is 79.9. The topological polar surface area (TPSA) is 56.0 Å². The molecular weight excluding hydrogens is 353 g/mol. The van der Waals surface area contributed by atoms with E-state index in [0.29, 0.717) is 10.9 Å². The smallest absolute Gasteiger partial charge is 0.339 e. The first-order valence-corrected chi connectivity index (χ1v) is 6.82. The molecule has 0 atom stereocenters. The molecule has 1 aromatic heterocycles. The summed E-state index contributed by atoms with van der Waals surface area (Å²) in [4.78, 5) is 15.1. The van der Waals surface area contributed by atoms with Gasteiger partial charge in [0.05, 0.1) is 12.0 Å². The van der Waals surface area contributed by atoms with Gasteiger partial charge in [-0.3, -0.25) is 4.79 Å². The fourth-order valence-electron chi connectivity index (χ4n) is 1.68. The lowest BCUT2D eigenvalue weighted by Crippen LogP contribution is -2.07. The van der Waals surface area contributed by atoms with Gasteiger partial charge in [0, 0.05) is 16.5 Å². The largest absolute Gasteiger partial charge is 0.417 e. The maximum atomic E-state index is 13.0. The number of rotatable bonds is 4. The molecule has 4 nitrogen and oxygen atoms in total. The van der Waals surface area contributed by atoms with E-state index in [4.69, 9.17) is 4.52 Å². The van der Waals surface area contributed by atoms with Gasteiger partial charge in [0.25, 0.3) is 0 Å². The minimum atomic E-state index is -4.54. The van der Waals surface area contributed by atoms with Crippen molar-refractivity contribution in [1.82, 2.24) is 10.1 Å². The van der Waals surface area contributed by atoms with Crippen molar-refractivity contribution in [2.45, 2.75) is 25.9 Å². The zero-order valence-electron chi connectivity index (χ0n) is 10.9. The summed E-state index contributed by atoms with van der Waals surface area (Å²) >= 11 is 3.00. The van der Waals surface area contributed by atoms with Crippen LogP contribution in [-0.4, -0.2) is 15.9 Å². The molecule has 0 spiro atoms. The van der Waals surface area contributed by atoms with E-state index >= 15 is 0 Å². The second kappa shape index (κ2) is 5.97. The van der Waals surface area contributed by atoms with Crippen molar-refractivity contribution < 1.29 is 22.5 Å². The van der Waals surface area contributed by atoms with Crippen molar-refractivity contribution in [3.8, 4) is 11.4 Å². The molecule has 8 heteroatoms. The number of carbonyl (C=O) groups excluding carboxylic acids is 1. The van der Waals surface area contributed by atoms with Gasteiger partial charge >= 0.3 is 6.18 Å². The van der Waals surface area contributed by atoms with Crippen LogP contribution < -0.4 is 0 Å². The Morgan fingerprint density at radius 1 is 1.38 bits per heavy atom. The summed E-state index contributed by atoms with van der Waals surface area (Å²) in [6.07, 6.45) is -4.33. The predicted molar refractivity (Wildman–Crippen MR) is 71.4 cm³/mol. The Morgan fingerprint density at radius 2 is 2.10 bits per heavy atom. The number of alkyl halides is 3. The first-order valence-electron chi connectivity index (χ1n) is 6.02. The van der Waals surface area contributed by atoms with Gasteiger partial charge in [-0.2, -0.15) is 18.2 Å². The molecule has 0 saturated carbocycles. The van der Waals surface area contributed by atoms with Crippen LogP contribution in [0.3, 0.4) is 0 Å². The van der Waals surface area contributed by atoms with Crippen LogP contribution in [-0.2, 0) is 17.4 Å². The predicted octanol–water partition coefficient (Wildman–Crippen LogP) is 4.04. The second-order valence-corrected chi connectivity index (χ2v) is 5.18. The Morgan fingerprint density at radius 3 is 2.71 bits per heavy atom. The van der Waals surface area contributed by atoms with E-state index in [1.165, 1.54) is 12.1 Å².